The van der Waals surface area contributed by atoms with Crippen molar-refractivity contribution < 1.29 is 32.9 Å². The van der Waals surface area contributed by atoms with Crippen molar-refractivity contribution in [2.75, 3.05) is 37.5 Å². The van der Waals surface area contributed by atoms with Crippen molar-refractivity contribution in [2.24, 2.45) is 0 Å². The highest BCUT2D eigenvalue weighted by Crippen LogP contribution is 2.28. The first-order chi connectivity index (χ1) is 14.2. The maximum absolute atomic E-state index is 12.8. The molecule has 8 nitrogen and oxygen atoms in total. The summed E-state index contributed by atoms with van der Waals surface area (Å²) in [7, 11) is 3.37. The molecule has 4 atom stereocenters. The van der Waals surface area contributed by atoms with Crippen LogP contribution in [-0.2, 0) is 10.9 Å². The summed E-state index contributed by atoms with van der Waals surface area (Å²) >= 11 is 0. The molecule has 11 heteroatoms. The van der Waals surface area contributed by atoms with Gasteiger partial charge in [-0.1, -0.05) is 6.07 Å². The number of benzene rings is 1. The molecule has 0 saturated carbocycles. The van der Waals surface area contributed by atoms with E-state index in [9.17, 15) is 23.4 Å². The Hall–Kier alpha value is -2.63. The number of halogens is 3. The zero-order valence-electron chi connectivity index (χ0n) is 16.4. The Morgan fingerprint density at radius 1 is 1.27 bits per heavy atom. The van der Waals surface area contributed by atoms with Crippen LogP contribution < -0.4 is 15.0 Å². The Balaban J connectivity index is 1.62. The molecule has 0 aliphatic carbocycles. The van der Waals surface area contributed by atoms with Gasteiger partial charge in [0.1, 0.15) is 29.9 Å². The molecule has 1 aromatic carbocycles. The lowest BCUT2D eigenvalue weighted by atomic mass is 9.97. The number of aliphatic hydroxyl groups is 2. The third kappa shape index (κ3) is 5.10. The summed E-state index contributed by atoms with van der Waals surface area (Å²) in [5.41, 5.74) is -0.323. The zero-order chi connectivity index (χ0) is 21.9. The number of aromatic nitrogens is 2. The molecule has 1 fully saturated rings. The van der Waals surface area contributed by atoms with Gasteiger partial charge in [0.05, 0.1) is 32.2 Å². The van der Waals surface area contributed by atoms with Gasteiger partial charge in [0.25, 0.3) is 0 Å². The van der Waals surface area contributed by atoms with E-state index in [1.54, 1.807) is 20.2 Å². The first-order valence-electron chi connectivity index (χ1n) is 9.17. The Kier molecular flexibility index (Phi) is 6.64. The molecule has 3 N–H and O–H groups in total. The van der Waals surface area contributed by atoms with Gasteiger partial charge in [0, 0.05) is 25.3 Å². The predicted octanol–water partition coefficient (Wildman–Crippen LogP) is 1.54. The maximum atomic E-state index is 12.8. The molecule has 1 aromatic heterocycles. The Morgan fingerprint density at radius 3 is 2.73 bits per heavy atom. The van der Waals surface area contributed by atoms with E-state index >= 15 is 0 Å². The van der Waals surface area contributed by atoms with Gasteiger partial charge in [-0.3, -0.25) is 4.98 Å². The summed E-state index contributed by atoms with van der Waals surface area (Å²) in [5.74, 6) is 0.507. The van der Waals surface area contributed by atoms with Crippen molar-refractivity contribution in [3.05, 3.63) is 42.4 Å². The fourth-order valence-corrected chi connectivity index (χ4v) is 3.16. The second-order valence-electron chi connectivity index (χ2n) is 6.97. The summed E-state index contributed by atoms with van der Waals surface area (Å²) in [5, 5.41) is 23.6. The average molecular weight is 428 g/mol. The van der Waals surface area contributed by atoms with E-state index < -0.39 is 36.2 Å². The van der Waals surface area contributed by atoms with Gasteiger partial charge in [-0.25, -0.2) is 4.98 Å². The Labute approximate surface area is 171 Å². The smallest absolute Gasteiger partial charge is 0.434 e. The van der Waals surface area contributed by atoms with E-state index in [0.717, 1.165) is 11.9 Å². The van der Waals surface area contributed by atoms with Crippen molar-refractivity contribution in [2.45, 2.75) is 30.5 Å². The predicted molar refractivity (Wildman–Crippen MR) is 102 cm³/mol. The van der Waals surface area contributed by atoms with E-state index in [-0.39, 0.29) is 19.0 Å². The lowest BCUT2D eigenvalue weighted by Gasteiger charge is -2.39. The van der Waals surface area contributed by atoms with Crippen molar-refractivity contribution in [3.8, 4) is 5.75 Å². The molecule has 1 saturated heterocycles. The summed E-state index contributed by atoms with van der Waals surface area (Å²) in [6.45, 7) is 0.244. The minimum atomic E-state index is -4.64. The number of hydrogen-bond acceptors (Lipinski definition) is 8. The van der Waals surface area contributed by atoms with E-state index in [4.69, 9.17) is 9.47 Å². The van der Waals surface area contributed by atoms with Gasteiger partial charge in [0.2, 0.25) is 0 Å². The van der Waals surface area contributed by atoms with Crippen LogP contribution in [0.5, 0.6) is 5.75 Å². The standard InChI is InChI=1S/C19H23F3N4O4/c1-26(11-4-3-5-12(6-11)29-2)9-14-18(28)17(27)13(10-30-14)24-16-8-23-7-15(25-16)19(20,21)22/h3-8,13-14,17-18,27-28H,9-10H2,1-2H3,(H,24,25)/t13?,14-,17?,18?/m0/s1. The van der Waals surface area contributed by atoms with Crippen LogP contribution in [0.2, 0.25) is 0 Å². The molecule has 0 spiro atoms. The number of methoxy groups -OCH3 is 1. The highest BCUT2D eigenvalue weighted by molar-refractivity contribution is 5.50. The van der Waals surface area contributed by atoms with Gasteiger partial charge in [-0.2, -0.15) is 13.2 Å². The molecule has 0 bridgehead atoms. The zero-order valence-corrected chi connectivity index (χ0v) is 16.4. The van der Waals surface area contributed by atoms with Crippen LogP contribution in [0.15, 0.2) is 36.7 Å². The molecule has 1 aliphatic heterocycles. The second kappa shape index (κ2) is 9.02. The Bertz CT molecular complexity index is 855. The number of nitrogens with one attached hydrogen (secondary N) is 1. The SMILES string of the molecule is COc1cccc(N(C)C[C@@H]2OCC(Nc3cncc(C(F)(F)F)n3)C(O)C2O)c1. The van der Waals surface area contributed by atoms with Crippen LogP contribution >= 0.6 is 0 Å². The first kappa shape index (κ1) is 22.1. The molecule has 0 amide bonds. The molecule has 3 unspecified atom stereocenters. The fraction of sp³-hybridized carbons (Fsp3) is 0.474. The summed E-state index contributed by atoms with van der Waals surface area (Å²) in [6, 6.07) is 6.47. The van der Waals surface area contributed by atoms with Crippen LogP contribution in [-0.4, -0.2) is 71.8 Å². The van der Waals surface area contributed by atoms with E-state index in [1.165, 1.54) is 0 Å². The lowest BCUT2D eigenvalue weighted by molar-refractivity contribution is -0.141. The summed E-state index contributed by atoms with van der Waals surface area (Å²) < 4.78 is 49.2. The first-order valence-corrected chi connectivity index (χ1v) is 9.17. The molecule has 30 heavy (non-hydrogen) atoms. The van der Waals surface area contributed by atoms with E-state index in [1.807, 2.05) is 23.1 Å². The van der Waals surface area contributed by atoms with Crippen molar-refractivity contribution in [1.29, 1.82) is 0 Å². The van der Waals surface area contributed by atoms with Crippen molar-refractivity contribution in [3.63, 3.8) is 0 Å². The van der Waals surface area contributed by atoms with Crippen LogP contribution in [0.4, 0.5) is 24.7 Å². The van der Waals surface area contributed by atoms with Crippen LogP contribution in [0.25, 0.3) is 0 Å². The minimum Gasteiger partial charge on any atom is -0.497 e. The number of likely N-dealkylation sites (N-methyl/N-ethyl adjacent to an activating group) is 1. The van der Waals surface area contributed by atoms with Gasteiger partial charge >= 0.3 is 6.18 Å². The van der Waals surface area contributed by atoms with Crippen LogP contribution in [0.3, 0.4) is 0 Å². The monoisotopic (exact) mass is 428 g/mol. The van der Waals surface area contributed by atoms with Crippen molar-refractivity contribution in [1.82, 2.24) is 9.97 Å². The number of ether oxygens (including phenoxy) is 2. The number of rotatable bonds is 6. The third-order valence-corrected chi connectivity index (χ3v) is 4.84. The number of alkyl halides is 3. The molecule has 0 radical (unpaired) electrons. The van der Waals surface area contributed by atoms with Crippen LogP contribution in [0.1, 0.15) is 5.69 Å². The largest absolute Gasteiger partial charge is 0.497 e. The molecule has 3 rings (SSSR count). The Morgan fingerprint density at radius 2 is 2.03 bits per heavy atom. The number of nitrogens with zero attached hydrogens (tertiary/aromatic N) is 3. The summed E-state index contributed by atoms with van der Waals surface area (Å²) in [4.78, 5) is 8.81. The molecule has 2 aromatic rings. The van der Waals surface area contributed by atoms with Gasteiger partial charge in [-0.05, 0) is 12.1 Å². The highest BCUT2D eigenvalue weighted by atomic mass is 19.4. The van der Waals surface area contributed by atoms with Gasteiger partial charge < -0.3 is 29.9 Å². The topological polar surface area (TPSA) is 100.0 Å². The number of hydrogen-bond donors (Lipinski definition) is 3. The quantitative estimate of drug-likeness (QED) is 0.637. The molecular weight excluding hydrogens is 405 g/mol. The third-order valence-electron chi connectivity index (χ3n) is 4.84. The number of anilines is 2. The lowest BCUT2D eigenvalue weighted by Crippen LogP contribution is -2.58. The molecule has 1 aliphatic rings. The number of aliphatic hydroxyl groups excluding tert-OH is 2. The van der Waals surface area contributed by atoms with E-state index in [2.05, 4.69) is 15.3 Å². The van der Waals surface area contributed by atoms with Gasteiger partial charge in [0.15, 0.2) is 5.69 Å². The highest BCUT2D eigenvalue weighted by Gasteiger charge is 2.39. The molecular formula is C19H23F3N4O4. The van der Waals surface area contributed by atoms with Crippen LogP contribution in [0, 0.1) is 0 Å². The minimum absolute atomic E-state index is 0.0350. The fourth-order valence-electron chi connectivity index (χ4n) is 3.16. The second-order valence-corrected chi connectivity index (χ2v) is 6.97. The van der Waals surface area contributed by atoms with Crippen molar-refractivity contribution >= 4 is 11.5 Å². The molecule has 2 heterocycles. The average Bonchev–Trinajstić information content (AvgIpc) is 2.73. The summed E-state index contributed by atoms with van der Waals surface area (Å²) in [6.07, 6.45) is -6.17. The maximum Gasteiger partial charge on any atom is 0.434 e. The van der Waals surface area contributed by atoms with E-state index in [0.29, 0.717) is 11.9 Å². The normalized spacial score (nSPS) is 24.4. The van der Waals surface area contributed by atoms with Gasteiger partial charge in [-0.15, -0.1) is 0 Å². The molecule has 164 valence electrons.